The third-order valence-electron chi connectivity index (χ3n) is 6.68. The highest BCUT2D eigenvalue weighted by molar-refractivity contribution is 6.35. The van der Waals surface area contributed by atoms with E-state index in [1.165, 1.54) is 6.07 Å². The van der Waals surface area contributed by atoms with Crippen LogP contribution in [0, 0.1) is 5.82 Å². The molecule has 0 spiro atoms. The van der Waals surface area contributed by atoms with Gasteiger partial charge in [0.15, 0.2) is 0 Å². The molecule has 1 aromatic heterocycles. The summed E-state index contributed by atoms with van der Waals surface area (Å²) >= 11 is 12.9. The van der Waals surface area contributed by atoms with Crippen molar-refractivity contribution in [2.45, 2.75) is 45.7 Å². The zero-order valence-corrected chi connectivity index (χ0v) is 24.5. The molecule has 0 bridgehead atoms. The van der Waals surface area contributed by atoms with E-state index in [4.69, 9.17) is 23.2 Å². The van der Waals surface area contributed by atoms with Crippen LogP contribution in [0.15, 0.2) is 36.5 Å². The number of aromatic amines is 1. The molecule has 202 valence electrons. The standard InChI is InChI=1S/C26H30Cl2FN5O.2ClH/c1-14(2)23-11-30-25(32-23)18-8-17(6-7-20(18)27)31-26(35)19-9-22(29)24(10-21(19)28)34-12-15(3)33(5)16(4)13-34;;/h6-11,14-16H,12-13H2,1-5H3,(H,30,32)(H,31,35);2*1H/t15-,16+;;. The Morgan fingerprint density at radius 2 is 1.76 bits per heavy atom. The second-order valence-corrected chi connectivity index (χ2v) is 10.4. The fourth-order valence-electron chi connectivity index (χ4n) is 4.30. The molecule has 2 atom stereocenters. The van der Waals surface area contributed by atoms with Gasteiger partial charge in [-0.3, -0.25) is 9.69 Å². The lowest BCUT2D eigenvalue weighted by Crippen LogP contribution is -2.55. The van der Waals surface area contributed by atoms with Gasteiger partial charge in [0.2, 0.25) is 0 Å². The molecule has 3 aromatic rings. The third-order valence-corrected chi connectivity index (χ3v) is 7.32. The number of carbonyl (C=O) groups is 1. The summed E-state index contributed by atoms with van der Waals surface area (Å²) in [7, 11) is 2.07. The fraction of sp³-hybridized carbons (Fsp3) is 0.385. The Kier molecular flexibility index (Phi) is 10.7. The lowest BCUT2D eigenvalue weighted by atomic mass is 10.1. The summed E-state index contributed by atoms with van der Waals surface area (Å²) in [5, 5.41) is 3.49. The first-order valence-corrected chi connectivity index (χ1v) is 12.4. The quantitative estimate of drug-likeness (QED) is 0.328. The number of halogens is 5. The van der Waals surface area contributed by atoms with Crippen molar-refractivity contribution in [1.82, 2.24) is 14.9 Å². The van der Waals surface area contributed by atoms with E-state index in [1.54, 1.807) is 30.5 Å². The van der Waals surface area contributed by atoms with Crippen LogP contribution in [-0.2, 0) is 0 Å². The fourth-order valence-corrected chi connectivity index (χ4v) is 4.75. The third kappa shape index (κ3) is 6.70. The van der Waals surface area contributed by atoms with Crippen LogP contribution in [0.1, 0.15) is 49.7 Å². The van der Waals surface area contributed by atoms with Gasteiger partial charge in [0.05, 0.1) is 21.3 Å². The first kappa shape index (κ1) is 31.2. The van der Waals surface area contributed by atoms with Gasteiger partial charge in [0.25, 0.3) is 5.91 Å². The number of imidazole rings is 1. The summed E-state index contributed by atoms with van der Waals surface area (Å²) in [4.78, 5) is 24.9. The number of amides is 1. The van der Waals surface area contributed by atoms with Crippen LogP contribution in [0.25, 0.3) is 11.4 Å². The van der Waals surface area contributed by atoms with Gasteiger partial charge in [0.1, 0.15) is 11.6 Å². The second kappa shape index (κ2) is 12.7. The van der Waals surface area contributed by atoms with Crippen LogP contribution >= 0.6 is 48.0 Å². The predicted molar refractivity (Wildman–Crippen MR) is 156 cm³/mol. The van der Waals surface area contributed by atoms with E-state index in [0.29, 0.717) is 40.9 Å². The average Bonchev–Trinajstić information content (AvgIpc) is 3.30. The molecule has 6 nitrogen and oxygen atoms in total. The zero-order valence-electron chi connectivity index (χ0n) is 21.3. The monoisotopic (exact) mass is 589 g/mol. The number of benzene rings is 2. The van der Waals surface area contributed by atoms with Gasteiger partial charge in [0, 0.05) is 48.3 Å². The Morgan fingerprint density at radius 3 is 2.35 bits per heavy atom. The SMILES string of the molecule is CC(C)c1cnc(-c2cc(NC(=O)c3cc(F)c(N4C[C@@H](C)N(C)[C@@H](C)C4)cc3Cl)ccc2Cl)[nH]1.Cl.Cl. The van der Waals surface area contributed by atoms with E-state index in [1.807, 2.05) is 4.90 Å². The summed E-state index contributed by atoms with van der Waals surface area (Å²) in [6, 6.07) is 8.38. The van der Waals surface area contributed by atoms with E-state index < -0.39 is 11.7 Å². The van der Waals surface area contributed by atoms with Crippen molar-refractivity contribution >= 4 is 65.3 Å². The molecule has 0 unspecified atom stereocenters. The van der Waals surface area contributed by atoms with Crippen LogP contribution in [-0.4, -0.2) is 53.0 Å². The Labute approximate surface area is 239 Å². The highest BCUT2D eigenvalue weighted by atomic mass is 35.5. The summed E-state index contributed by atoms with van der Waals surface area (Å²) in [5.74, 6) is -0.0812. The largest absolute Gasteiger partial charge is 0.366 e. The van der Waals surface area contributed by atoms with Crippen molar-refractivity contribution in [3.8, 4) is 11.4 Å². The number of carbonyl (C=O) groups excluding carboxylic acids is 1. The van der Waals surface area contributed by atoms with Crippen LogP contribution < -0.4 is 10.2 Å². The van der Waals surface area contributed by atoms with Crippen molar-refractivity contribution in [2.24, 2.45) is 0 Å². The number of hydrogen-bond acceptors (Lipinski definition) is 4. The molecule has 37 heavy (non-hydrogen) atoms. The van der Waals surface area contributed by atoms with Gasteiger partial charge in [-0.05, 0) is 57.1 Å². The number of anilines is 2. The van der Waals surface area contributed by atoms with Gasteiger partial charge in [-0.25, -0.2) is 9.37 Å². The topological polar surface area (TPSA) is 64.3 Å². The molecule has 2 heterocycles. The summed E-state index contributed by atoms with van der Waals surface area (Å²) in [5.41, 5.74) is 2.61. The number of piperazine rings is 1. The molecule has 0 aliphatic carbocycles. The number of rotatable bonds is 5. The second-order valence-electron chi connectivity index (χ2n) is 9.54. The van der Waals surface area contributed by atoms with Crippen LogP contribution in [0.5, 0.6) is 0 Å². The minimum Gasteiger partial charge on any atom is -0.366 e. The molecular weight excluding hydrogens is 559 g/mol. The van der Waals surface area contributed by atoms with E-state index in [2.05, 4.69) is 54.9 Å². The molecule has 1 amide bonds. The minimum absolute atomic E-state index is 0. The summed E-state index contributed by atoms with van der Waals surface area (Å²) < 4.78 is 15.1. The highest BCUT2D eigenvalue weighted by Crippen LogP contribution is 2.32. The molecule has 1 fully saturated rings. The molecule has 1 aliphatic heterocycles. The van der Waals surface area contributed by atoms with Gasteiger partial charge in [-0.1, -0.05) is 37.0 Å². The Hall–Kier alpha value is -2.03. The van der Waals surface area contributed by atoms with Crippen LogP contribution in [0.2, 0.25) is 10.0 Å². The van der Waals surface area contributed by atoms with Crippen LogP contribution in [0.3, 0.4) is 0 Å². The number of nitrogens with one attached hydrogen (secondary N) is 2. The summed E-state index contributed by atoms with van der Waals surface area (Å²) in [6.07, 6.45) is 1.77. The molecule has 1 aliphatic rings. The van der Waals surface area contributed by atoms with Gasteiger partial charge in [-0.15, -0.1) is 24.8 Å². The highest BCUT2D eigenvalue weighted by Gasteiger charge is 2.29. The molecule has 1 saturated heterocycles. The van der Waals surface area contributed by atoms with Crippen molar-refractivity contribution in [1.29, 1.82) is 0 Å². The van der Waals surface area contributed by atoms with Crippen molar-refractivity contribution in [2.75, 3.05) is 30.4 Å². The number of likely N-dealkylation sites (N-methyl/N-ethyl adjacent to an activating group) is 1. The van der Waals surface area contributed by atoms with Crippen LogP contribution in [0.4, 0.5) is 15.8 Å². The normalized spacial score (nSPS) is 17.8. The minimum atomic E-state index is -0.504. The smallest absolute Gasteiger partial charge is 0.257 e. The number of H-pyrrole nitrogens is 1. The van der Waals surface area contributed by atoms with Gasteiger partial charge >= 0.3 is 0 Å². The first-order chi connectivity index (χ1) is 16.5. The number of hydrogen-bond donors (Lipinski definition) is 2. The molecule has 2 N–H and O–H groups in total. The van der Waals surface area contributed by atoms with E-state index in [9.17, 15) is 4.79 Å². The van der Waals surface area contributed by atoms with Gasteiger partial charge < -0.3 is 15.2 Å². The molecule has 4 rings (SSSR count). The summed E-state index contributed by atoms with van der Waals surface area (Å²) in [6.45, 7) is 9.70. The molecule has 0 saturated carbocycles. The predicted octanol–water partition coefficient (Wildman–Crippen LogP) is 7.27. The molecular formula is C26H32Cl4FN5O. The van der Waals surface area contributed by atoms with Crippen molar-refractivity contribution in [3.05, 3.63) is 63.6 Å². The Balaban J connectivity index is 0.00000241. The molecule has 11 heteroatoms. The molecule has 2 aromatic carbocycles. The maximum Gasteiger partial charge on any atom is 0.257 e. The first-order valence-electron chi connectivity index (χ1n) is 11.7. The van der Waals surface area contributed by atoms with E-state index in [0.717, 1.165) is 5.69 Å². The Morgan fingerprint density at radius 1 is 1.11 bits per heavy atom. The maximum atomic E-state index is 15.1. The number of aromatic nitrogens is 2. The zero-order chi connectivity index (χ0) is 25.4. The lowest BCUT2D eigenvalue weighted by Gasteiger charge is -2.43. The Bertz CT molecular complexity index is 1240. The maximum absolute atomic E-state index is 15.1. The average molecular weight is 591 g/mol. The van der Waals surface area contributed by atoms with E-state index >= 15 is 4.39 Å². The van der Waals surface area contributed by atoms with E-state index in [-0.39, 0.29) is 53.4 Å². The van der Waals surface area contributed by atoms with Gasteiger partial charge in [-0.2, -0.15) is 0 Å². The number of nitrogens with zero attached hydrogens (tertiary/aromatic N) is 3. The van der Waals surface area contributed by atoms with Crippen molar-refractivity contribution < 1.29 is 9.18 Å². The molecule has 0 radical (unpaired) electrons. The van der Waals surface area contributed by atoms with Crippen molar-refractivity contribution in [3.63, 3.8) is 0 Å². The lowest BCUT2D eigenvalue weighted by molar-refractivity contribution is 0.102.